The highest BCUT2D eigenvalue weighted by molar-refractivity contribution is 5.97. The van der Waals surface area contributed by atoms with Gasteiger partial charge in [0.25, 0.3) is 0 Å². The largest absolute Gasteiger partial charge is 0.497 e. The van der Waals surface area contributed by atoms with E-state index in [9.17, 15) is 9.59 Å². The van der Waals surface area contributed by atoms with Crippen LogP contribution >= 0.6 is 0 Å². The molecule has 0 aliphatic carbocycles. The molecule has 0 fully saturated rings. The molecule has 170 valence electrons. The van der Waals surface area contributed by atoms with Crippen molar-refractivity contribution in [2.24, 2.45) is 7.05 Å². The van der Waals surface area contributed by atoms with Crippen molar-refractivity contribution >= 4 is 23.4 Å². The molecule has 0 saturated carbocycles. The van der Waals surface area contributed by atoms with Gasteiger partial charge in [-0.15, -0.1) is 0 Å². The number of nitrogens with one attached hydrogen (secondary N) is 2. The molecular weight excluding hydrogens is 398 g/mol. The molecule has 3 amide bonds. The van der Waals surface area contributed by atoms with E-state index in [1.807, 2.05) is 19.9 Å². The van der Waals surface area contributed by atoms with Crippen LogP contribution in [0.5, 0.6) is 11.5 Å². The summed E-state index contributed by atoms with van der Waals surface area (Å²) in [6.07, 6.45) is 0. The number of rotatable bonds is 7. The minimum absolute atomic E-state index is 0.113. The van der Waals surface area contributed by atoms with Gasteiger partial charge in [0.05, 0.1) is 25.6 Å². The van der Waals surface area contributed by atoms with Crippen LogP contribution in [0.2, 0.25) is 0 Å². The lowest BCUT2D eigenvalue weighted by Gasteiger charge is -2.26. The highest BCUT2D eigenvalue weighted by atomic mass is 16.5. The van der Waals surface area contributed by atoms with Crippen molar-refractivity contribution in [3.8, 4) is 11.5 Å². The number of methoxy groups -OCH3 is 2. The quantitative estimate of drug-likeness (QED) is 0.698. The van der Waals surface area contributed by atoms with Crippen molar-refractivity contribution in [2.45, 2.75) is 46.1 Å². The van der Waals surface area contributed by atoms with Gasteiger partial charge >= 0.3 is 6.03 Å². The molecule has 0 unspecified atom stereocenters. The number of aromatic nitrogens is 2. The van der Waals surface area contributed by atoms with Gasteiger partial charge in [-0.25, -0.2) is 4.79 Å². The molecule has 1 aromatic heterocycles. The first kappa shape index (κ1) is 24.0. The molecule has 0 spiro atoms. The van der Waals surface area contributed by atoms with Gasteiger partial charge < -0.3 is 25.0 Å². The monoisotopic (exact) mass is 431 g/mol. The molecule has 2 rings (SSSR count). The van der Waals surface area contributed by atoms with Crippen LogP contribution in [0.4, 0.5) is 16.3 Å². The van der Waals surface area contributed by atoms with Crippen molar-refractivity contribution in [3.63, 3.8) is 0 Å². The summed E-state index contributed by atoms with van der Waals surface area (Å²) >= 11 is 0. The molecule has 9 heteroatoms. The van der Waals surface area contributed by atoms with Crippen molar-refractivity contribution in [1.29, 1.82) is 0 Å². The Bertz CT molecular complexity index is 930. The average Bonchev–Trinajstić information content (AvgIpc) is 3.06. The van der Waals surface area contributed by atoms with Gasteiger partial charge in [-0.05, 0) is 26.0 Å². The highest BCUT2D eigenvalue weighted by Crippen LogP contribution is 2.29. The van der Waals surface area contributed by atoms with Gasteiger partial charge in [0.15, 0.2) is 0 Å². The van der Waals surface area contributed by atoms with E-state index in [0.29, 0.717) is 23.0 Å². The molecule has 9 nitrogen and oxygen atoms in total. The number of carbonyl (C=O) groups excluding carboxylic acids is 2. The summed E-state index contributed by atoms with van der Waals surface area (Å²) in [7, 11) is 4.84. The van der Waals surface area contributed by atoms with E-state index in [1.54, 1.807) is 37.0 Å². The zero-order chi connectivity index (χ0) is 23.3. The number of urea groups is 1. The van der Waals surface area contributed by atoms with Gasteiger partial charge in [-0.1, -0.05) is 20.8 Å². The summed E-state index contributed by atoms with van der Waals surface area (Å²) in [6, 6.07) is 6.33. The van der Waals surface area contributed by atoms with Crippen molar-refractivity contribution in [1.82, 2.24) is 14.7 Å². The summed E-state index contributed by atoms with van der Waals surface area (Å²) in [5.74, 6) is 1.34. The number of amides is 3. The van der Waals surface area contributed by atoms with Crippen molar-refractivity contribution in [2.75, 3.05) is 31.4 Å². The Morgan fingerprint density at radius 2 is 1.81 bits per heavy atom. The van der Waals surface area contributed by atoms with Crippen molar-refractivity contribution < 1.29 is 19.1 Å². The molecule has 0 aliphatic heterocycles. The molecule has 0 radical (unpaired) electrons. The number of benzene rings is 1. The molecule has 0 aliphatic rings. The zero-order valence-corrected chi connectivity index (χ0v) is 19.6. The number of hydrogen-bond acceptors (Lipinski definition) is 5. The molecule has 31 heavy (non-hydrogen) atoms. The molecule has 2 N–H and O–H groups in total. The second-order valence-electron chi connectivity index (χ2n) is 8.55. The predicted octanol–water partition coefficient (Wildman–Crippen LogP) is 3.62. The lowest BCUT2D eigenvalue weighted by molar-refractivity contribution is -0.117. The van der Waals surface area contributed by atoms with E-state index in [2.05, 4.69) is 36.5 Å². The minimum atomic E-state index is -0.408. The number of ether oxygens (including phenoxy) is 2. The zero-order valence-electron chi connectivity index (χ0n) is 19.6. The Morgan fingerprint density at radius 1 is 1.13 bits per heavy atom. The van der Waals surface area contributed by atoms with Crippen LogP contribution in [0.1, 0.15) is 40.3 Å². The number of nitrogens with zero attached hydrogens (tertiary/aromatic N) is 3. The second-order valence-corrected chi connectivity index (χ2v) is 8.55. The summed E-state index contributed by atoms with van der Waals surface area (Å²) in [5.41, 5.74) is 1.22. The standard InChI is InChI=1S/C22H33N5O4/c1-14(2)27(21(29)23-16-10-9-15(30-7)11-17(16)31-8)13-20(28)24-19-12-18(22(3,4)5)25-26(19)6/h9-12,14H,13H2,1-8H3,(H,23,29)(H,24,28). The average molecular weight is 432 g/mol. The van der Waals surface area contributed by atoms with E-state index in [-0.39, 0.29) is 23.9 Å². The first-order valence-electron chi connectivity index (χ1n) is 10.1. The van der Waals surface area contributed by atoms with Gasteiger partial charge in [0.1, 0.15) is 23.9 Å². The smallest absolute Gasteiger partial charge is 0.322 e. The Hall–Kier alpha value is -3.23. The van der Waals surface area contributed by atoms with Crippen LogP contribution in [0.3, 0.4) is 0 Å². The molecular formula is C22H33N5O4. The maximum Gasteiger partial charge on any atom is 0.322 e. The van der Waals surface area contributed by atoms with Crippen LogP contribution in [-0.2, 0) is 17.3 Å². The van der Waals surface area contributed by atoms with Crippen molar-refractivity contribution in [3.05, 3.63) is 30.0 Å². The fourth-order valence-corrected chi connectivity index (χ4v) is 2.87. The third-order valence-electron chi connectivity index (χ3n) is 4.76. The Balaban J connectivity index is 2.11. The van der Waals surface area contributed by atoms with Gasteiger partial charge in [0, 0.05) is 30.6 Å². The van der Waals surface area contributed by atoms with Crippen LogP contribution in [0.15, 0.2) is 24.3 Å². The SMILES string of the molecule is COc1ccc(NC(=O)N(CC(=O)Nc2cc(C(C)(C)C)nn2C)C(C)C)c(OC)c1. The first-order valence-corrected chi connectivity index (χ1v) is 10.1. The molecule has 0 saturated heterocycles. The Morgan fingerprint density at radius 3 is 2.32 bits per heavy atom. The number of aryl methyl sites for hydroxylation is 1. The third-order valence-corrected chi connectivity index (χ3v) is 4.76. The Labute approximate surface area is 183 Å². The summed E-state index contributed by atoms with van der Waals surface area (Å²) in [5, 5.41) is 10.1. The normalized spacial score (nSPS) is 11.3. The van der Waals surface area contributed by atoms with Crippen LogP contribution in [-0.4, -0.2) is 53.4 Å². The Kier molecular flexibility index (Phi) is 7.54. The van der Waals surface area contributed by atoms with E-state index < -0.39 is 6.03 Å². The van der Waals surface area contributed by atoms with Gasteiger partial charge in [-0.3, -0.25) is 9.48 Å². The van der Waals surface area contributed by atoms with Crippen LogP contribution < -0.4 is 20.1 Å². The van der Waals surface area contributed by atoms with Gasteiger partial charge in [0.2, 0.25) is 5.91 Å². The molecule has 1 aromatic carbocycles. The lowest BCUT2D eigenvalue weighted by atomic mass is 9.92. The fourth-order valence-electron chi connectivity index (χ4n) is 2.87. The lowest BCUT2D eigenvalue weighted by Crippen LogP contribution is -2.44. The van der Waals surface area contributed by atoms with Gasteiger partial charge in [-0.2, -0.15) is 5.10 Å². The summed E-state index contributed by atoms with van der Waals surface area (Å²) in [6.45, 7) is 9.75. The maximum atomic E-state index is 12.9. The predicted molar refractivity (Wildman–Crippen MR) is 121 cm³/mol. The maximum absolute atomic E-state index is 12.9. The summed E-state index contributed by atoms with van der Waals surface area (Å²) < 4.78 is 12.1. The minimum Gasteiger partial charge on any atom is -0.497 e. The topological polar surface area (TPSA) is 97.7 Å². The molecule has 1 heterocycles. The first-order chi connectivity index (χ1) is 14.5. The third kappa shape index (κ3) is 6.13. The van der Waals surface area contributed by atoms with E-state index >= 15 is 0 Å². The van der Waals surface area contributed by atoms with Crippen LogP contribution in [0, 0.1) is 0 Å². The number of carbonyl (C=O) groups is 2. The fraction of sp³-hybridized carbons (Fsp3) is 0.500. The number of hydrogen-bond donors (Lipinski definition) is 2. The second kappa shape index (κ2) is 9.72. The van der Waals surface area contributed by atoms with E-state index in [0.717, 1.165) is 5.69 Å². The summed E-state index contributed by atoms with van der Waals surface area (Å²) in [4.78, 5) is 27.0. The molecule has 0 bridgehead atoms. The molecule has 0 atom stereocenters. The molecule has 2 aromatic rings. The van der Waals surface area contributed by atoms with E-state index in [4.69, 9.17) is 9.47 Å². The number of anilines is 2. The van der Waals surface area contributed by atoms with Crippen LogP contribution in [0.25, 0.3) is 0 Å². The van der Waals surface area contributed by atoms with E-state index in [1.165, 1.54) is 12.0 Å². The highest BCUT2D eigenvalue weighted by Gasteiger charge is 2.23.